The molecule has 134 valence electrons. The molecule has 0 spiro atoms. The first kappa shape index (κ1) is 18.6. The SMILES string of the molecule is COc1ccc(CCNC2CCN(C(=O)OC(C)(C)C)CC2)cc1. The smallest absolute Gasteiger partial charge is 0.410 e. The Morgan fingerprint density at radius 2 is 1.83 bits per heavy atom. The van der Waals surface area contributed by atoms with Crippen molar-refractivity contribution in [2.75, 3.05) is 26.7 Å². The second kappa shape index (κ2) is 8.38. The summed E-state index contributed by atoms with van der Waals surface area (Å²) in [5.74, 6) is 0.890. The highest BCUT2D eigenvalue weighted by molar-refractivity contribution is 5.68. The lowest BCUT2D eigenvalue weighted by molar-refractivity contribution is 0.0198. The van der Waals surface area contributed by atoms with E-state index in [2.05, 4.69) is 17.4 Å². The van der Waals surface area contributed by atoms with Gasteiger partial charge in [-0.3, -0.25) is 0 Å². The number of amides is 1. The zero-order chi connectivity index (χ0) is 17.6. The Hall–Kier alpha value is -1.75. The minimum Gasteiger partial charge on any atom is -0.497 e. The van der Waals surface area contributed by atoms with Crippen LogP contribution in [0.1, 0.15) is 39.2 Å². The summed E-state index contributed by atoms with van der Waals surface area (Å²) in [6, 6.07) is 8.67. The number of methoxy groups -OCH3 is 1. The summed E-state index contributed by atoms with van der Waals surface area (Å²) in [4.78, 5) is 13.9. The van der Waals surface area contributed by atoms with Crippen LogP contribution >= 0.6 is 0 Å². The number of nitrogens with zero attached hydrogens (tertiary/aromatic N) is 1. The van der Waals surface area contributed by atoms with Crippen molar-refractivity contribution in [2.24, 2.45) is 0 Å². The zero-order valence-corrected chi connectivity index (χ0v) is 15.3. The van der Waals surface area contributed by atoms with Gasteiger partial charge in [-0.15, -0.1) is 0 Å². The fourth-order valence-electron chi connectivity index (χ4n) is 2.81. The van der Waals surface area contributed by atoms with Crippen LogP contribution < -0.4 is 10.1 Å². The number of likely N-dealkylation sites (tertiary alicyclic amines) is 1. The van der Waals surface area contributed by atoms with E-state index in [0.29, 0.717) is 6.04 Å². The minimum atomic E-state index is -0.426. The van der Waals surface area contributed by atoms with E-state index in [0.717, 1.165) is 44.6 Å². The maximum absolute atomic E-state index is 12.0. The number of hydrogen-bond acceptors (Lipinski definition) is 4. The Balaban J connectivity index is 1.66. The largest absolute Gasteiger partial charge is 0.497 e. The Labute approximate surface area is 145 Å². The van der Waals surface area contributed by atoms with E-state index in [9.17, 15) is 4.79 Å². The molecule has 24 heavy (non-hydrogen) atoms. The van der Waals surface area contributed by atoms with Crippen molar-refractivity contribution in [1.82, 2.24) is 10.2 Å². The molecule has 2 rings (SSSR count). The lowest BCUT2D eigenvalue weighted by Gasteiger charge is -2.33. The highest BCUT2D eigenvalue weighted by Crippen LogP contribution is 2.16. The number of nitrogens with one attached hydrogen (secondary N) is 1. The van der Waals surface area contributed by atoms with Gasteiger partial charge in [-0.2, -0.15) is 0 Å². The predicted octanol–water partition coefficient (Wildman–Crippen LogP) is 3.23. The number of piperidine rings is 1. The number of ether oxygens (including phenoxy) is 2. The number of carbonyl (C=O) groups excluding carboxylic acids is 1. The molecule has 1 amide bonds. The zero-order valence-electron chi connectivity index (χ0n) is 15.3. The highest BCUT2D eigenvalue weighted by Gasteiger charge is 2.26. The summed E-state index contributed by atoms with van der Waals surface area (Å²) in [6.07, 6.45) is 2.75. The van der Waals surface area contributed by atoms with E-state index in [1.165, 1.54) is 5.56 Å². The standard InChI is InChI=1S/C19H30N2O3/c1-19(2,3)24-18(22)21-13-10-16(11-14-21)20-12-9-15-5-7-17(23-4)8-6-15/h5-8,16,20H,9-14H2,1-4H3. The summed E-state index contributed by atoms with van der Waals surface area (Å²) in [5.41, 5.74) is 0.874. The quantitative estimate of drug-likeness (QED) is 0.898. The Morgan fingerprint density at radius 3 is 2.38 bits per heavy atom. The molecule has 0 aliphatic carbocycles. The number of carbonyl (C=O) groups is 1. The maximum Gasteiger partial charge on any atom is 0.410 e. The molecule has 1 aromatic rings. The number of rotatable bonds is 5. The highest BCUT2D eigenvalue weighted by atomic mass is 16.6. The summed E-state index contributed by atoms with van der Waals surface area (Å²) in [7, 11) is 1.68. The summed E-state index contributed by atoms with van der Waals surface area (Å²) in [5, 5.41) is 3.60. The molecule has 5 nitrogen and oxygen atoms in total. The van der Waals surface area contributed by atoms with Gasteiger partial charge in [-0.05, 0) is 64.3 Å². The third-order valence-corrected chi connectivity index (χ3v) is 4.15. The summed E-state index contributed by atoms with van der Waals surface area (Å²) < 4.78 is 10.6. The van der Waals surface area contributed by atoms with Crippen molar-refractivity contribution in [3.63, 3.8) is 0 Å². The molecule has 1 aliphatic heterocycles. The molecule has 1 N–H and O–H groups in total. The third kappa shape index (κ3) is 6.04. The van der Waals surface area contributed by atoms with Crippen LogP contribution in [0.2, 0.25) is 0 Å². The average Bonchev–Trinajstić information content (AvgIpc) is 2.54. The first-order valence-corrected chi connectivity index (χ1v) is 8.71. The summed E-state index contributed by atoms with van der Waals surface area (Å²) in [6.45, 7) is 8.17. The Bertz CT molecular complexity index is 514. The van der Waals surface area contributed by atoms with Crippen molar-refractivity contribution in [3.05, 3.63) is 29.8 Å². The van der Waals surface area contributed by atoms with Crippen molar-refractivity contribution in [1.29, 1.82) is 0 Å². The molecule has 0 unspecified atom stereocenters. The van der Waals surface area contributed by atoms with Gasteiger partial charge in [0.1, 0.15) is 11.4 Å². The first-order valence-electron chi connectivity index (χ1n) is 8.71. The van der Waals surface area contributed by atoms with E-state index < -0.39 is 5.60 Å². The van der Waals surface area contributed by atoms with Gasteiger partial charge in [0, 0.05) is 19.1 Å². The molecule has 5 heteroatoms. The van der Waals surface area contributed by atoms with Gasteiger partial charge in [0.05, 0.1) is 7.11 Å². The van der Waals surface area contributed by atoms with Crippen LogP contribution in [0.5, 0.6) is 5.75 Å². The molecule has 0 aromatic heterocycles. The average molecular weight is 334 g/mol. The van der Waals surface area contributed by atoms with Crippen LogP contribution in [-0.2, 0) is 11.2 Å². The molecular formula is C19H30N2O3. The number of benzene rings is 1. The van der Waals surface area contributed by atoms with Gasteiger partial charge in [0.15, 0.2) is 0 Å². The molecule has 1 heterocycles. The van der Waals surface area contributed by atoms with E-state index in [-0.39, 0.29) is 6.09 Å². The van der Waals surface area contributed by atoms with Crippen molar-refractivity contribution in [2.45, 2.75) is 51.7 Å². The lowest BCUT2D eigenvalue weighted by atomic mass is 10.0. The van der Waals surface area contributed by atoms with Crippen molar-refractivity contribution >= 4 is 6.09 Å². The first-order chi connectivity index (χ1) is 11.4. The second-order valence-electron chi connectivity index (χ2n) is 7.29. The van der Waals surface area contributed by atoms with Crippen LogP contribution in [0.4, 0.5) is 4.79 Å². The lowest BCUT2D eigenvalue weighted by Crippen LogP contribution is -2.46. The molecule has 0 atom stereocenters. The maximum atomic E-state index is 12.0. The Morgan fingerprint density at radius 1 is 1.21 bits per heavy atom. The second-order valence-corrected chi connectivity index (χ2v) is 7.29. The molecular weight excluding hydrogens is 304 g/mol. The van der Waals surface area contributed by atoms with E-state index in [1.54, 1.807) is 7.11 Å². The van der Waals surface area contributed by atoms with Crippen molar-refractivity contribution in [3.8, 4) is 5.75 Å². The minimum absolute atomic E-state index is 0.195. The number of hydrogen-bond donors (Lipinski definition) is 1. The van der Waals surface area contributed by atoms with Gasteiger partial charge in [-0.1, -0.05) is 12.1 Å². The van der Waals surface area contributed by atoms with E-state index in [4.69, 9.17) is 9.47 Å². The van der Waals surface area contributed by atoms with Crippen LogP contribution in [0.3, 0.4) is 0 Å². The van der Waals surface area contributed by atoms with E-state index >= 15 is 0 Å². The molecule has 0 radical (unpaired) electrons. The molecule has 1 aliphatic rings. The van der Waals surface area contributed by atoms with Crippen LogP contribution in [0.25, 0.3) is 0 Å². The van der Waals surface area contributed by atoms with Crippen LogP contribution in [0.15, 0.2) is 24.3 Å². The molecule has 1 saturated heterocycles. The molecule has 1 aromatic carbocycles. The van der Waals surface area contributed by atoms with Crippen molar-refractivity contribution < 1.29 is 14.3 Å². The predicted molar refractivity (Wildman–Crippen MR) is 95.5 cm³/mol. The van der Waals surface area contributed by atoms with Gasteiger partial charge in [0.25, 0.3) is 0 Å². The van der Waals surface area contributed by atoms with Gasteiger partial charge >= 0.3 is 6.09 Å². The van der Waals surface area contributed by atoms with Crippen LogP contribution in [0, 0.1) is 0 Å². The molecule has 1 fully saturated rings. The fraction of sp³-hybridized carbons (Fsp3) is 0.632. The van der Waals surface area contributed by atoms with Gasteiger partial charge in [0.2, 0.25) is 0 Å². The molecule has 0 saturated carbocycles. The van der Waals surface area contributed by atoms with E-state index in [1.807, 2.05) is 37.8 Å². The Kier molecular flexibility index (Phi) is 6.49. The van der Waals surface area contributed by atoms with Gasteiger partial charge in [-0.25, -0.2) is 4.79 Å². The summed E-state index contributed by atoms with van der Waals surface area (Å²) >= 11 is 0. The fourth-order valence-corrected chi connectivity index (χ4v) is 2.81. The third-order valence-electron chi connectivity index (χ3n) is 4.15. The normalized spacial score (nSPS) is 16.1. The van der Waals surface area contributed by atoms with Crippen LogP contribution in [-0.4, -0.2) is 49.4 Å². The van der Waals surface area contributed by atoms with Gasteiger partial charge < -0.3 is 19.7 Å². The topological polar surface area (TPSA) is 50.8 Å². The monoisotopic (exact) mass is 334 g/mol. The molecule has 0 bridgehead atoms.